The van der Waals surface area contributed by atoms with E-state index in [0.29, 0.717) is 17.5 Å². The van der Waals surface area contributed by atoms with Crippen molar-refractivity contribution >= 4 is 23.4 Å². The van der Waals surface area contributed by atoms with Crippen molar-refractivity contribution in [2.45, 2.75) is 51.3 Å². The number of carbonyl (C=O) groups is 4. The number of phenolic OH excluding ortho intramolecular Hbond substituents is 1. The fourth-order valence-corrected chi connectivity index (χ4v) is 6.13. The Morgan fingerprint density at radius 3 is 2.38 bits per heavy atom. The summed E-state index contributed by atoms with van der Waals surface area (Å²) in [6.45, 7) is 3.19. The molecule has 3 aliphatic rings. The second kappa shape index (κ2) is 9.00. The number of allylic oxidation sites excluding steroid dienone is 1. The summed E-state index contributed by atoms with van der Waals surface area (Å²) in [7, 11) is 3.16. The first-order valence-corrected chi connectivity index (χ1v) is 12.0. The number of hydrogen-bond donors (Lipinski definition) is 6. The maximum Gasteiger partial charge on any atom is 0.255 e. The predicted octanol–water partition coefficient (Wildman–Crippen LogP) is 0.319. The van der Waals surface area contributed by atoms with Crippen molar-refractivity contribution in [3.8, 4) is 5.75 Å². The zero-order valence-corrected chi connectivity index (χ0v) is 21.1. The van der Waals surface area contributed by atoms with Gasteiger partial charge in [-0.3, -0.25) is 24.1 Å². The first-order valence-electron chi connectivity index (χ1n) is 12.0. The lowest BCUT2D eigenvalue weighted by Gasteiger charge is -2.50. The Labute approximate surface area is 213 Å². The summed E-state index contributed by atoms with van der Waals surface area (Å²) in [6, 6.07) is 0.690. The summed E-state index contributed by atoms with van der Waals surface area (Å²) < 4.78 is 0. The van der Waals surface area contributed by atoms with Gasteiger partial charge in [0.2, 0.25) is 11.7 Å². The highest BCUT2D eigenvalue weighted by Crippen LogP contribution is 2.52. The smallest absolute Gasteiger partial charge is 0.255 e. The number of benzene rings is 1. The van der Waals surface area contributed by atoms with E-state index < -0.39 is 58.0 Å². The van der Waals surface area contributed by atoms with Crippen LogP contribution in [0.25, 0.3) is 0 Å². The summed E-state index contributed by atoms with van der Waals surface area (Å²) in [4.78, 5) is 52.1. The summed E-state index contributed by atoms with van der Waals surface area (Å²) in [5.74, 6) is -7.18. The predicted molar refractivity (Wildman–Crippen MR) is 131 cm³/mol. The Morgan fingerprint density at radius 2 is 1.84 bits per heavy atom. The maximum atomic E-state index is 13.8. The van der Waals surface area contributed by atoms with Crippen LogP contribution in [0.5, 0.6) is 5.75 Å². The van der Waals surface area contributed by atoms with E-state index in [1.54, 1.807) is 20.2 Å². The molecule has 198 valence electrons. The molecule has 0 saturated heterocycles. The van der Waals surface area contributed by atoms with Crippen molar-refractivity contribution < 1.29 is 39.6 Å². The van der Waals surface area contributed by atoms with Crippen LogP contribution in [-0.2, 0) is 33.8 Å². The van der Waals surface area contributed by atoms with Crippen molar-refractivity contribution in [2.24, 2.45) is 17.6 Å². The lowest BCUT2D eigenvalue weighted by atomic mass is 9.58. The van der Waals surface area contributed by atoms with E-state index in [9.17, 15) is 39.6 Å². The molecule has 0 radical (unpaired) electrons. The Morgan fingerprint density at radius 1 is 1.19 bits per heavy atom. The first-order chi connectivity index (χ1) is 17.3. The first kappa shape index (κ1) is 26.4. The number of primary amides is 1. The van der Waals surface area contributed by atoms with Gasteiger partial charge >= 0.3 is 0 Å². The number of nitrogens with one attached hydrogen (secondary N) is 1. The number of rotatable bonds is 5. The molecule has 0 unspecified atom stereocenters. The van der Waals surface area contributed by atoms with Crippen LogP contribution in [0.1, 0.15) is 47.3 Å². The molecule has 0 bridgehead atoms. The van der Waals surface area contributed by atoms with Crippen molar-refractivity contribution in [1.82, 2.24) is 10.2 Å². The highest BCUT2D eigenvalue weighted by molar-refractivity contribution is 6.24. The molecule has 0 spiro atoms. The molecule has 0 heterocycles. The van der Waals surface area contributed by atoms with Crippen molar-refractivity contribution in [3.05, 3.63) is 51.0 Å². The van der Waals surface area contributed by atoms with Crippen molar-refractivity contribution in [2.75, 3.05) is 14.1 Å². The third-order valence-corrected chi connectivity index (χ3v) is 7.80. The van der Waals surface area contributed by atoms with Crippen LogP contribution in [0.4, 0.5) is 0 Å². The van der Waals surface area contributed by atoms with Gasteiger partial charge in [0.15, 0.2) is 11.4 Å². The molecular formula is C26H31N3O8. The molecule has 0 saturated carbocycles. The van der Waals surface area contributed by atoms with E-state index in [-0.39, 0.29) is 42.2 Å². The Bertz CT molecular complexity index is 1310. The number of fused-ring (bicyclic) bond motifs is 3. The standard InChI is InChI=1S/C26H31N3O8/c1-5-11-6-13(9-28-10(2)30)20(31)17-14(11)7-12-8-15-19(29(3)4)22(33)18(25(27)36)24(35)26(15,37)23(34)16(12)21(17)32/h6,12,15,19,31,33-34,37H,5,7-9H2,1-4H3,(H2,27,36)(H,28,30)/t12-,15-,19-,26-/m0/s1. The van der Waals surface area contributed by atoms with Crippen molar-refractivity contribution in [3.63, 3.8) is 0 Å². The number of nitrogens with two attached hydrogens (primary N) is 1. The number of aryl methyl sites for hydroxylation is 1. The summed E-state index contributed by atoms with van der Waals surface area (Å²) in [5, 5.41) is 47.4. The number of carbonyl (C=O) groups excluding carboxylic acids is 4. The minimum Gasteiger partial charge on any atom is -0.510 e. The van der Waals surface area contributed by atoms with Gasteiger partial charge in [0, 0.05) is 30.5 Å². The number of amides is 2. The molecule has 0 aliphatic heterocycles. The second-order valence-electron chi connectivity index (χ2n) is 10.1. The summed E-state index contributed by atoms with van der Waals surface area (Å²) >= 11 is 0. The zero-order chi connectivity index (χ0) is 27.6. The highest BCUT2D eigenvalue weighted by Gasteiger charge is 2.63. The van der Waals surface area contributed by atoms with E-state index in [1.165, 1.54) is 11.8 Å². The summed E-state index contributed by atoms with van der Waals surface area (Å²) in [6.07, 6.45) is 0.785. The van der Waals surface area contributed by atoms with Gasteiger partial charge in [-0.15, -0.1) is 0 Å². The van der Waals surface area contributed by atoms with E-state index in [0.717, 1.165) is 5.56 Å². The minimum absolute atomic E-state index is 0.0236. The largest absolute Gasteiger partial charge is 0.510 e. The quantitative estimate of drug-likeness (QED) is 0.301. The number of aromatic hydroxyl groups is 1. The summed E-state index contributed by atoms with van der Waals surface area (Å²) in [5.41, 5.74) is 3.23. The molecule has 1 aromatic carbocycles. The van der Waals surface area contributed by atoms with Gasteiger partial charge in [-0.1, -0.05) is 13.0 Å². The van der Waals surface area contributed by atoms with E-state index in [2.05, 4.69) is 5.32 Å². The Hall–Kier alpha value is -3.70. The van der Waals surface area contributed by atoms with Crippen LogP contribution in [0, 0.1) is 11.8 Å². The fraction of sp³-hybridized carbons (Fsp3) is 0.462. The van der Waals surface area contributed by atoms with Crippen LogP contribution in [0.2, 0.25) is 0 Å². The van der Waals surface area contributed by atoms with Crippen LogP contribution >= 0.6 is 0 Å². The number of nitrogens with zero attached hydrogens (tertiary/aromatic N) is 1. The van der Waals surface area contributed by atoms with Crippen molar-refractivity contribution in [1.29, 1.82) is 0 Å². The minimum atomic E-state index is -2.68. The average molecular weight is 514 g/mol. The molecule has 0 aromatic heterocycles. The van der Waals surface area contributed by atoms with Gasteiger partial charge in [0.1, 0.15) is 22.8 Å². The van der Waals surface area contributed by atoms with Gasteiger partial charge < -0.3 is 31.5 Å². The number of phenols is 1. The molecule has 4 atom stereocenters. The van der Waals surface area contributed by atoms with Gasteiger partial charge in [0.25, 0.3) is 5.91 Å². The zero-order valence-electron chi connectivity index (χ0n) is 21.1. The maximum absolute atomic E-state index is 13.8. The van der Waals surface area contributed by atoms with Crippen LogP contribution in [0.3, 0.4) is 0 Å². The van der Waals surface area contributed by atoms with Crippen LogP contribution in [-0.4, -0.2) is 74.4 Å². The average Bonchev–Trinajstić information content (AvgIpc) is 2.80. The van der Waals surface area contributed by atoms with Gasteiger partial charge in [-0.2, -0.15) is 0 Å². The van der Waals surface area contributed by atoms with E-state index >= 15 is 0 Å². The topological polar surface area (TPSA) is 190 Å². The number of likely N-dealkylation sites (N-methyl/N-ethyl adjacent to an activating group) is 1. The highest BCUT2D eigenvalue weighted by atomic mass is 16.3. The molecule has 37 heavy (non-hydrogen) atoms. The third kappa shape index (κ3) is 3.72. The van der Waals surface area contributed by atoms with Crippen LogP contribution < -0.4 is 11.1 Å². The second-order valence-corrected chi connectivity index (χ2v) is 10.1. The van der Waals surface area contributed by atoms with E-state index in [1.807, 2.05) is 6.92 Å². The van der Waals surface area contributed by atoms with Gasteiger partial charge in [0.05, 0.1) is 11.6 Å². The lowest BCUT2D eigenvalue weighted by Crippen LogP contribution is -2.63. The number of aliphatic hydroxyl groups excluding tert-OH is 2. The molecule has 4 rings (SSSR count). The monoisotopic (exact) mass is 513 g/mol. The Balaban J connectivity index is 1.93. The van der Waals surface area contributed by atoms with Gasteiger partial charge in [-0.25, -0.2) is 0 Å². The molecular weight excluding hydrogens is 482 g/mol. The molecule has 7 N–H and O–H groups in total. The fourth-order valence-electron chi connectivity index (χ4n) is 6.13. The molecule has 11 nitrogen and oxygen atoms in total. The third-order valence-electron chi connectivity index (χ3n) is 7.80. The Kier molecular flexibility index (Phi) is 6.41. The molecule has 1 aromatic rings. The number of aliphatic hydroxyl groups is 3. The molecule has 0 fully saturated rings. The molecule has 2 amide bonds. The number of hydrogen-bond acceptors (Lipinski definition) is 9. The SMILES string of the molecule is CCc1cc(CNC(C)=O)c(O)c2c1C[C@H]1C[C@H]3[C@H](N(C)C)C(O)=C(C(N)=O)C(=O)[C@@]3(O)C(O)=C1C2=O. The number of ketones is 2. The normalized spacial score (nSPS) is 27.1. The molecule has 3 aliphatic carbocycles. The lowest BCUT2D eigenvalue weighted by molar-refractivity contribution is -0.148. The van der Waals surface area contributed by atoms with Gasteiger partial charge in [-0.05, 0) is 50.4 Å². The molecule has 11 heteroatoms. The van der Waals surface area contributed by atoms with Crippen LogP contribution in [0.15, 0.2) is 28.7 Å². The number of Topliss-reactive ketones (excluding diaryl/α,β-unsaturated/α-hetero) is 2. The van der Waals surface area contributed by atoms with E-state index in [4.69, 9.17) is 5.73 Å².